The average Bonchev–Trinajstić information content (AvgIpc) is 2.01. The zero-order chi connectivity index (χ0) is 8.43. The molecule has 2 N–H and O–H groups in total. The minimum absolute atomic E-state index is 0.124. The first kappa shape index (κ1) is 7.66. The maximum absolute atomic E-state index is 9.19. The summed E-state index contributed by atoms with van der Waals surface area (Å²) in [5.74, 6) is -0.263. The Labute approximate surface area is 64.7 Å². The molecular formula is C9H10O2. The van der Waals surface area contributed by atoms with Crippen LogP contribution in [0.3, 0.4) is 0 Å². The van der Waals surface area contributed by atoms with Crippen molar-refractivity contribution >= 4 is 12.7 Å². The lowest BCUT2D eigenvalue weighted by Crippen LogP contribution is -2.22. The predicted molar refractivity (Wildman–Crippen MR) is 44.7 cm³/mol. The van der Waals surface area contributed by atoms with Crippen molar-refractivity contribution < 1.29 is 10.2 Å². The monoisotopic (exact) mass is 150 g/mol. The lowest BCUT2D eigenvalue weighted by molar-refractivity contribution is 0.400. The van der Waals surface area contributed by atoms with Gasteiger partial charge in [0.2, 0.25) is 0 Å². The third-order valence-corrected chi connectivity index (χ3v) is 1.61. The highest BCUT2D eigenvalue weighted by molar-refractivity contribution is 5.42. The van der Waals surface area contributed by atoms with E-state index in [1.165, 1.54) is 6.07 Å². The average molecular weight is 150 g/mol. The molecule has 0 heterocycles. The van der Waals surface area contributed by atoms with E-state index in [0.29, 0.717) is 5.22 Å². The number of phenols is 2. The second-order valence-corrected chi connectivity index (χ2v) is 2.29. The Balaban J connectivity index is 3.64. The summed E-state index contributed by atoms with van der Waals surface area (Å²) in [6.07, 6.45) is 1.82. The largest absolute Gasteiger partial charge is 0.504 e. The van der Waals surface area contributed by atoms with Crippen molar-refractivity contribution in [3.63, 3.8) is 0 Å². The molecule has 11 heavy (non-hydrogen) atoms. The molecule has 58 valence electrons. The van der Waals surface area contributed by atoms with E-state index in [1.54, 1.807) is 6.07 Å². The van der Waals surface area contributed by atoms with E-state index in [1.807, 2.05) is 13.0 Å². The van der Waals surface area contributed by atoms with Gasteiger partial charge in [0.25, 0.3) is 0 Å². The Morgan fingerprint density at radius 1 is 1.36 bits per heavy atom. The SMILES string of the molecule is C=c1c(O)c(O)ccc1=CC. The lowest BCUT2D eigenvalue weighted by atomic mass is 10.2. The number of rotatable bonds is 0. The van der Waals surface area contributed by atoms with Crippen molar-refractivity contribution in [3.05, 3.63) is 22.6 Å². The zero-order valence-corrected chi connectivity index (χ0v) is 6.33. The molecule has 0 radical (unpaired) electrons. The van der Waals surface area contributed by atoms with Crippen molar-refractivity contribution in [1.29, 1.82) is 0 Å². The third kappa shape index (κ3) is 1.19. The summed E-state index contributed by atoms with van der Waals surface area (Å²) in [4.78, 5) is 0. The van der Waals surface area contributed by atoms with E-state index in [-0.39, 0.29) is 11.5 Å². The molecule has 0 aliphatic rings. The molecule has 0 fully saturated rings. The van der Waals surface area contributed by atoms with Crippen LogP contribution in [0.5, 0.6) is 11.5 Å². The highest BCUT2D eigenvalue weighted by Crippen LogP contribution is 2.15. The highest BCUT2D eigenvalue weighted by atomic mass is 16.3. The molecule has 0 aliphatic carbocycles. The molecule has 0 spiro atoms. The highest BCUT2D eigenvalue weighted by Gasteiger charge is 1.97. The summed E-state index contributed by atoms with van der Waals surface area (Å²) in [7, 11) is 0. The number of hydrogen-bond donors (Lipinski definition) is 2. The van der Waals surface area contributed by atoms with Gasteiger partial charge in [-0.25, -0.2) is 0 Å². The molecule has 1 aromatic carbocycles. The van der Waals surface area contributed by atoms with Crippen molar-refractivity contribution in [2.75, 3.05) is 0 Å². The van der Waals surface area contributed by atoms with Crippen LogP contribution in [0.15, 0.2) is 12.1 Å². The fraction of sp³-hybridized carbons (Fsp3) is 0.111. The van der Waals surface area contributed by atoms with Crippen LogP contribution in [0.2, 0.25) is 0 Å². The van der Waals surface area contributed by atoms with Gasteiger partial charge in [0.1, 0.15) is 0 Å². The topological polar surface area (TPSA) is 40.5 Å². The van der Waals surface area contributed by atoms with Crippen LogP contribution in [-0.4, -0.2) is 10.2 Å². The van der Waals surface area contributed by atoms with Gasteiger partial charge in [-0.2, -0.15) is 0 Å². The maximum atomic E-state index is 9.19. The van der Waals surface area contributed by atoms with Gasteiger partial charge in [-0.1, -0.05) is 18.7 Å². The second kappa shape index (κ2) is 2.66. The van der Waals surface area contributed by atoms with Gasteiger partial charge in [-0.05, 0) is 18.2 Å². The quantitative estimate of drug-likeness (QED) is 0.522. The molecule has 0 bridgehead atoms. The van der Waals surface area contributed by atoms with E-state index in [0.717, 1.165) is 5.22 Å². The Bertz CT molecular complexity index is 366. The maximum Gasteiger partial charge on any atom is 0.164 e. The van der Waals surface area contributed by atoms with Crippen molar-refractivity contribution in [3.8, 4) is 11.5 Å². The number of hydrogen-bond acceptors (Lipinski definition) is 2. The van der Waals surface area contributed by atoms with Gasteiger partial charge >= 0.3 is 0 Å². The summed E-state index contributed by atoms with van der Waals surface area (Å²) in [6, 6.07) is 3.15. The summed E-state index contributed by atoms with van der Waals surface area (Å²) < 4.78 is 0. The Morgan fingerprint density at radius 3 is 2.55 bits per heavy atom. The van der Waals surface area contributed by atoms with Crippen molar-refractivity contribution in [2.45, 2.75) is 6.92 Å². The van der Waals surface area contributed by atoms with Crippen LogP contribution >= 0.6 is 0 Å². The predicted octanol–water partition coefficient (Wildman–Crippen LogP) is 0.308. The summed E-state index contributed by atoms with van der Waals surface area (Å²) in [5, 5.41) is 19.5. The van der Waals surface area contributed by atoms with E-state index in [2.05, 4.69) is 6.58 Å². The van der Waals surface area contributed by atoms with Gasteiger partial charge in [0, 0.05) is 5.22 Å². The van der Waals surface area contributed by atoms with Crippen molar-refractivity contribution in [1.82, 2.24) is 0 Å². The minimum Gasteiger partial charge on any atom is -0.504 e. The molecule has 1 rings (SSSR count). The molecule has 2 heteroatoms. The zero-order valence-electron chi connectivity index (χ0n) is 6.33. The molecular weight excluding hydrogens is 140 g/mol. The molecule has 0 atom stereocenters. The van der Waals surface area contributed by atoms with Crippen LogP contribution in [0.25, 0.3) is 12.7 Å². The molecule has 0 amide bonds. The van der Waals surface area contributed by atoms with Crippen LogP contribution in [0.1, 0.15) is 6.92 Å². The van der Waals surface area contributed by atoms with E-state index in [4.69, 9.17) is 5.11 Å². The second-order valence-electron chi connectivity index (χ2n) is 2.29. The smallest absolute Gasteiger partial charge is 0.164 e. The fourth-order valence-electron chi connectivity index (χ4n) is 0.910. The first-order chi connectivity index (χ1) is 5.16. The fourth-order valence-corrected chi connectivity index (χ4v) is 0.910. The number of phenolic OH excluding ortho intramolecular Hbond substituents is 2. The normalized spacial score (nSPS) is 11.9. The van der Waals surface area contributed by atoms with Gasteiger partial charge in [-0.15, -0.1) is 0 Å². The van der Waals surface area contributed by atoms with E-state index < -0.39 is 0 Å². The first-order valence-electron chi connectivity index (χ1n) is 3.33. The van der Waals surface area contributed by atoms with Crippen LogP contribution in [0.4, 0.5) is 0 Å². The number of benzene rings is 1. The molecule has 2 nitrogen and oxygen atoms in total. The minimum atomic E-state index is -0.138. The number of aromatic hydroxyl groups is 2. The lowest BCUT2D eigenvalue weighted by Gasteiger charge is -1.96. The van der Waals surface area contributed by atoms with Gasteiger partial charge in [-0.3, -0.25) is 0 Å². The Kier molecular flexibility index (Phi) is 1.85. The summed E-state index contributed by atoms with van der Waals surface area (Å²) in [5.41, 5.74) is 0. The molecule has 1 aromatic rings. The van der Waals surface area contributed by atoms with Crippen LogP contribution in [0, 0.1) is 0 Å². The standard InChI is InChI=1S/C9H10O2/c1-3-7-4-5-8(10)9(11)6(7)2/h3-5,10-11H,2H2,1H3. The third-order valence-electron chi connectivity index (χ3n) is 1.61. The molecule has 0 aromatic heterocycles. The van der Waals surface area contributed by atoms with Crippen molar-refractivity contribution in [2.24, 2.45) is 0 Å². The van der Waals surface area contributed by atoms with Gasteiger partial charge in [0.15, 0.2) is 11.5 Å². The van der Waals surface area contributed by atoms with E-state index in [9.17, 15) is 5.11 Å². The molecule has 0 aliphatic heterocycles. The van der Waals surface area contributed by atoms with Crippen LogP contribution in [-0.2, 0) is 0 Å². The molecule has 0 saturated heterocycles. The van der Waals surface area contributed by atoms with Gasteiger partial charge < -0.3 is 10.2 Å². The Morgan fingerprint density at radius 2 is 2.00 bits per heavy atom. The molecule has 0 unspecified atom stereocenters. The Hall–Kier alpha value is -1.44. The first-order valence-corrected chi connectivity index (χ1v) is 3.33. The summed E-state index contributed by atoms with van der Waals surface area (Å²) >= 11 is 0. The van der Waals surface area contributed by atoms with Gasteiger partial charge in [0.05, 0.1) is 0 Å². The summed E-state index contributed by atoms with van der Waals surface area (Å²) in [6.45, 7) is 5.46. The van der Waals surface area contributed by atoms with E-state index >= 15 is 0 Å². The molecule has 0 saturated carbocycles. The van der Waals surface area contributed by atoms with Crippen LogP contribution < -0.4 is 10.4 Å².